The summed E-state index contributed by atoms with van der Waals surface area (Å²) in [4.78, 5) is 12.0. The van der Waals surface area contributed by atoms with Gasteiger partial charge in [0.15, 0.2) is 0 Å². The standard InChI is InChI=1S/C14H16F3NO2/c15-14(16,17)11-6-2-1-5-10(11)13(20)18-12-7-3-4-9(12)8-19/h1-2,5-6,9,12,19H,3-4,7-8H2,(H,18,20). The zero-order valence-corrected chi connectivity index (χ0v) is 10.8. The van der Waals surface area contributed by atoms with E-state index < -0.39 is 17.6 Å². The molecule has 2 N–H and O–H groups in total. The van der Waals surface area contributed by atoms with Crippen molar-refractivity contribution in [2.45, 2.75) is 31.5 Å². The first-order valence-electron chi connectivity index (χ1n) is 6.51. The van der Waals surface area contributed by atoms with Crippen LogP contribution in [0.1, 0.15) is 35.2 Å². The van der Waals surface area contributed by atoms with E-state index in [9.17, 15) is 23.1 Å². The number of nitrogens with one attached hydrogen (secondary N) is 1. The van der Waals surface area contributed by atoms with Gasteiger partial charge in [0.1, 0.15) is 0 Å². The zero-order valence-electron chi connectivity index (χ0n) is 10.8. The average molecular weight is 287 g/mol. The van der Waals surface area contributed by atoms with E-state index >= 15 is 0 Å². The van der Waals surface area contributed by atoms with Crippen molar-refractivity contribution < 1.29 is 23.1 Å². The van der Waals surface area contributed by atoms with Crippen LogP contribution in [0.15, 0.2) is 24.3 Å². The minimum atomic E-state index is -4.56. The number of carbonyl (C=O) groups excluding carboxylic acids is 1. The largest absolute Gasteiger partial charge is 0.417 e. The second kappa shape index (κ2) is 5.83. The van der Waals surface area contributed by atoms with Crippen LogP contribution in [0.2, 0.25) is 0 Å². The third-order valence-electron chi connectivity index (χ3n) is 3.69. The molecule has 2 unspecified atom stereocenters. The molecule has 0 aromatic heterocycles. The van der Waals surface area contributed by atoms with Gasteiger partial charge in [-0.25, -0.2) is 0 Å². The second-order valence-electron chi connectivity index (χ2n) is 5.00. The molecule has 0 spiro atoms. The molecule has 1 saturated carbocycles. The molecule has 3 nitrogen and oxygen atoms in total. The number of hydrogen-bond donors (Lipinski definition) is 2. The smallest absolute Gasteiger partial charge is 0.396 e. The molecule has 0 bridgehead atoms. The lowest BCUT2D eigenvalue weighted by Gasteiger charge is -2.20. The number of aliphatic hydroxyl groups excluding tert-OH is 1. The number of carbonyl (C=O) groups is 1. The highest BCUT2D eigenvalue weighted by molar-refractivity contribution is 5.96. The van der Waals surface area contributed by atoms with E-state index in [1.54, 1.807) is 0 Å². The van der Waals surface area contributed by atoms with Crippen molar-refractivity contribution >= 4 is 5.91 Å². The van der Waals surface area contributed by atoms with Crippen LogP contribution in [0.25, 0.3) is 0 Å². The molecule has 1 fully saturated rings. The van der Waals surface area contributed by atoms with Crippen LogP contribution in [-0.2, 0) is 6.18 Å². The molecule has 1 amide bonds. The summed E-state index contributed by atoms with van der Waals surface area (Å²) in [5, 5.41) is 11.8. The van der Waals surface area contributed by atoms with E-state index in [2.05, 4.69) is 5.32 Å². The summed E-state index contributed by atoms with van der Waals surface area (Å²) in [5.74, 6) is -0.805. The van der Waals surface area contributed by atoms with Crippen molar-refractivity contribution in [3.8, 4) is 0 Å². The maximum Gasteiger partial charge on any atom is 0.417 e. The van der Waals surface area contributed by atoms with Crippen LogP contribution < -0.4 is 5.32 Å². The highest BCUT2D eigenvalue weighted by atomic mass is 19.4. The lowest BCUT2D eigenvalue weighted by molar-refractivity contribution is -0.137. The van der Waals surface area contributed by atoms with Gasteiger partial charge in [-0.15, -0.1) is 0 Å². The minimum absolute atomic E-state index is 0.0636. The molecule has 20 heavy (non-hydrogen) atoms. The van der Waals surface area contributed by atoms with Gasteiger partial charge in [-0.3, -0.25) is 4.79 Å². The number of aliphatic hydroxyl groups is 1. The fourth-order valence-electron chi connectivity index (χ4n) is 2.62. The Morgan fingerprint density at radius 2 is 2.00 bits per heavy atom. The van der Waals surface area contributed by atoms with Gasteiger partial charge in [0.05, 0.1) is 11.1 Å². The van der Waals surface area contributed by atoms with Gasteiger partial charge in [0, 0.05) is 18.6 Å². The average Bonchev–Trinajstić information content (AvgIpc) is 2.85. The lowest BCUT2D eigenvalue weighted by atomic mass is 10.0. The maximum atomic E-state index is 12.8. The first kappa shape index (κ1) is 14.8. The van der Waals surface area contributed by atoms with Crippen molar-refractivity contribution in [3.63, 3.8) is 0 Å². The van der Waals surface area contributed by atoms with E-state index in [0.717, 1.165) is 18.9 Å². The van der Waals surface area contributed by atoms with E-state index in [-0.39, 0.29) is 24.1 Å². The summed E-state index contributed by atoms with van der Waals surface area (Å²) < 4.78 is 38.5. The number of hydrogen-bond acceptors (Lipinski definition) is 2. The minimum Gasteiger partial charge on any atom is -0.396 e. The van der Waals surface area contributed by atoms with Gasteiger partial charge in [0.2, 0.25) is 0 Å². The topological polar surface area (TPSA) is 49.3 Å². The third-order valence-corrected chi connectivity index (χ3v) is 3.69. The summed E-state index contributed by atoms with van der Waals surface area (Å²) in [6.45, 7) is -0.0636. The Morgan fingerprint density at radius 3 is 2.65 bits per heavy atom. The van der Waals surface area contributed by atoms with Crippen LogP contribution in [0.5, 0.6) is 0 Å². The molecule has 2 atom stereocenters. The first-order chi connectivity index (χ1) is 9.43. The monoisotopic (exact) mass is 287 g/mol. The normalized spacial score (nSPS) is 22.8. The Balaban J connectivity index is 2.18. The molecule has 0 saturated heterocycles. The predicted molar refractivity (Wildman–Crippen MR) is 67.1 cm³/mol. The van der Waals surface area contributed by atoms with E-state index in [4.69, 9.17) is 0 Å². The van der Waals surface area contributed by atoms with Gasteiger partial charge in [-0.2, -0.15) is 13.2 Å². The van der Waals surface area contributed by atoms with Crippen molar-refractivity contribution in [1.82, 2.24) is 5.32 Å². The fraction of sp³-hybridized carbons (Fsp3) is 0.500. The Bertz CT molecular complexity index is 488. The molecule has 1 aliphatic carbocycles. The van der Waals surface area contributed by atoms with E-state index in [1.165, 1.54) is 18.2 Å². The molecule has 2 rings (SSSR count). The van der Waals surface area contributed by atoms with Crippen LogP contribution in [-0.4, -0.2) is 23.7 Å². The summed E-state index contributed by atoms with van der Waals surface area (Å²) in [6, 6.07) is 4.47. The molecule has 0 heterocycles. The highest BCUT2D eigenvalue weighted by Gasteiger charge is 2.36. The summed E-state index contributed by atoms with van der Waals surface area (Å²) in [5.41, 5.74) is -1.31. The Morgan fingerprint density at radius 1 is 1.30 bits per heavy atom. The summed E-state index contributed by atoms with van der Waals surface area (Å²) >= 11 is 0. The Labute approximate surface area is 114 Å². The SMILES string of the molecule is O=C(NC1CCCC1CO)c1ccccc1C(F)(F)F. The summed E-state index contributed by atoms with van der Waals surface area (Å²) in [6.07, 6.45) is -2.23. The molecule has 110 valence electrons. The number of amides is 1. The molecule has 0 radical (unpaired) electrons. The van der Waals surface area contributed by atoms with E-state index in [1.807, 2.05) is 0 Å². The van der Waals surface area contributed by atoms with Gasteiger partial charge < -0.3 is 10.4 Å². The van der Waals surface area contributed by atoms with E-state index in [0.29, 0.717) is 6.42 Å². The maximum absolute atomic E-state index is 12.8. The Kier molecular flexibility index (Phi) is 4.32. The van der Waals surface area contributed by atoms with Crippen LogP contribution >= 0.6 is 0 Å². The Hall–Kier alpha value is -1.56. The van der Waals surface area contributed by atoms with Crippen molar-refractivity contribution in [3.05, 3.63) is 35.4 Å². The molecule has 1 aliphatic rings. The van der Waals surface area contributed by atoms with Crippen LogP contribution in [0.3, 0.4) is 0 Å². The summed E-state index contributed by atoms with van der Waals surface area (Å²) in [7, 11) is 0. The second-order valence-corrected chi connectivity index (χ2v) is 5.00. The van der Waals surface area contributed by atoms with Crippen molar-refractivity contribution in [2.75, 3.05) is 6.61 Å². The number of rotatable bonds is 3. The van der Waals surface area contributed by atoms with Gasteiger partial charge in [0.25, 0.3) is 5.91 Å². The predicted octanol–water partition coefficient (Wildman–Crippen LogP) is 2.60. The van der Waals surface area contributed by atoms with Crippen LogP contribution in [0.4, 0.5) is 13.2 Å². The van der Waals surface area contributed by atoms with Gasteiger partial charge >= 0.3 is 6.18 Å². The molecular formula is C14H16F3NO2. The molecule has 1 aromatic carbocycles. The van der Waals surface area contributed by atoms with Gasteiger partial charge in [-0.1, -0.05) is 18.6 Å². The van der Waals surface area contributed by atoms with Crippen LogP contribution in [0, 0.1) is 5.92 Å². The highest BCUT2D eigenvalue weighted by Crippen LogP contribution is 2.32. The first-order valence-corrected chi connectivity index (χ1v) is 6.51. The van der Waals surface area contributed by atoms with Crippen molar-refractivity contribution in [2.24, 2.45) is 5.92 Å². The third kappa shape index (κ3) is 3.12. The number of alkyl halides is 3. The lowest BCUT2D eigenvalue weighted by Crippen LogP contribution is -2.39. The number of halogens is 3. The molecule has 6 heteroatoms. The van der Waals surface area contributed by atoms with Crippen molar-refractivity contribution in [1.29, 1.82) is 0 Å². The number of benzene rings is 1. The van der Waals surface area contributed by atoms with Gasteiger partial charge in [-0.05, 0) is 25.0 Å². The zero-order chi connectivity index (χ0) is 14.8. The molecular weight excluding hydrogens is 271 g/mol. The quantitative estimate of drug-likeness (QED) is 0.897. The molecule has 0 aliphatic heterocycles. The fourth-order valence-corrected chi connectivity index (χ4v) is 2.62. The molecule has 1 aromatic rings.